The van der Waals surface area contributed by atoms with Crippen LogP contribution in [0.2, 0.25) is 0 Å². The molecule has 1 aromatic heterocycles. The third kappa shape index (κ3) is 2.73. The first-order chi connectivity index (χ1) is 5.36. The van der Waals surface area contributed by atoms with E-state index in [1.165, 1.54) is 12.0 Å². The standard InChI is InChI=1S/C8H12IN2/c1-3-4-7-5-10-8(9-2)11-6-7/h5-6H,3-4H2,1-2H3/q-1. The van der Waals surface area contributed by atoms with Gasteiger partial charge in [-0.1, -0.05) is 0 Å². The Kier molecular flexibility index (Phi) is 3.76. The minimum atomic E-state index is 0.0646. The minimum absolute atomic E-state index is 0.0646. The van der Waals surface area contributed by atoms with Crippen molar-refractivity contribution in [1.82, 2.24) is 9.97 Å². The molecule has 62 valence electrons. The number of rotatable bonds is 3. The molecule has 0 aliphatic rings. The van der Waals surface area contributed by atoms with Crippen molar-refractivity contribution in [3.63, 3.8) is 0 Å². The van der Waals surface area contributed by atoms with Gasteiger partial charge in [0.25, 0.3) is 0 Å². The van der Waals surface area contributed by atoms with Crippen molar-refractivity contribution in [1.29, 1.82) is 0 Å². The van der Waals surface area contributed by atoms with E-state index < -0.39 is 0 Å². The van der Waals surface area contributed by atoms with Crippen molar-refractivity contribution < 1.29 is 21.2 Å². The molecule has 0 N–H and O–H groups in total. The van der Waals surface area contributed by atoms with Gasteiger partial charge in [-0.05, 0) is 0 Å². The number of hydrogen-bond donors (Lipinski definition) is 0. The van der Waals surface area contributed by atoms with Gasteiger partial charge in [0.05, 0.1) is 0 Å². The molecule has 1 heterocycles. The summed E-state index contributed by atoms with van der Waals surface area (Å²) in [6, 6.07) is 0. The topological polar surface area (TPSA) is 25.8 Å². The Morgan fingerprint density at radius 3 is 2.45 bits per heavy atom. The molecule has 0 aromatic carbocycles. The molecule has 3 heteroatoms. The summed E-state index contributed by atoms with van der Waals surface area (Å²) in [6.07, 6.45) is 6.18. The molecule has 11 heavy (non-hydrogen) atoms. The molecule has 0 spiro atoms. The fraction of sp³-hybridized carbons (Fsp3) is 0.500. The molecule has 0 radical (unpaired) electrons. The number of aryl methyl sites for hydroxylation is 1. The van der Waals surface area contributed by atoms with Crippen molar-refractivity contribution >= 4 is 0 Å². The molecule has 0 unspecified atom stereocenters. The Labute approximate surface area is 77.7 Å². The summed E-state index contributed by atoms with van der Waals surface area (Å²) < 4.78 is 1.05. The Balaban J connectivity index is 2.66. The summed E-state index contributed by atoms with van der Waals surface area (Å²) in [6.45, 7) is 2.17. The van der Waals surface area contributed by atoms with Gasteiger partial charge in [0.15, 0.2) is 0 Å². The van der Waals surface area contributed by atoms with E-state index in [0.717, 1.165) is 10.3 Å². The van der Waals surface area contributed by atoms with Crippen LogP contribution in [-0.2, 0) is 6.42 Å². The molecule has 2 nitrogen and oxygen atoms in total. The zero-order valence-electron chi connectivity index (χ0n) is 6.84. The van der Waals surface area contributed by atoms with Crippen LogP contribution in [0.5, 0.6) is 0 Å². The van der Waals surface area contributed by atoms with Gasteiger partial charge in [-0.3, -0.25) is 0 Å². The fourth-order valence-electron chi connectivity index (χ4n) is 0.854. The maximum atomic E-state index is 4.25. The van der Waals surface area contributed by atoms with Crippen molar-refractivity contribution in [2.75, 3.05) is 4.93 Å². The monoisotopic (exact) mass is 263 g/mol. The molecule has 0 saturated heterocycles. The second-order valence-corrected chi connectivity index (χ2v) is 4.34. The third-order valence-electron chi connectivity index (χ3n) is 1.38. The maximum absolute atomic E-state index is 4.25. The first-order valence-corrected chi connectivity index (χ1v) is 6.90. The van der Waals surface area contributed by atoms with E-state index in [4.69, 9.17) is 0 Å². The zero-order valence-corrected chi connectivity index (χ0v) is 9.00. The summed E-state index contributed by atoms with van der Waals surface area (Å²) >= 11 is 0.0646. The van der Waals surface area contributed by atoms with Crippen molar-refractivity contribution in [3.05, 3.63) is 21.8 Å². The number of hydrogen-bond acceptors (Lipinski definition) is 2. The Morgan fingerprint density at radius 1 is 1.36 bits per heavy atom. The number of halogens is 1. The molecule has 0 aliphatic carbocycles. The predicted octanol–water partition coefficient (Wildman–Crippen LogP) is -1.68. The van der Waals surface area contributed by atoms with E-state index in [9.17, 15) is 0 Å². The van der Waals surface area contributed by atoms with Crippen LogP contribution >= 0.6 is 0 Å². The van der Waals surface area contributed by atoms with Gasteiger partial charge in [-0.15, -0.1) is 0 Å². The molecule has 1 rings (SSSR count). The van der Waals surface area contributed by atoms with Gasteiger partial charge >= 0.3 is 77.7 Å². The summed E-state index contributed by atoms with van der Waals surface area (Å²) in [5.74, 6) is 0. The van der Waals surface area contributed by atoms with E-state index in [0.29, 0.717) is 0 Å². The molecule has 0 saturated carbocycles. The Morgan fingerprint density at radius 2 is 2.00 bits per heavy atom. The van der Waals surface area contributed by atoms with Crippen molar-refractivity contribution in [2.24, 2.45) is 0 Å². The van der Waals surface area contributed by atoms with Crippen LogP contribution in [0.25, 0.3) is 0 Å². The van der Waals surface area contributed by atoms with Crippen LogP contribution in [-0.4, -0.2) is 14.9 Å². The van der Waals surface area contributed by atoms with Gasteiger partial charge < -0.3 is 0 Å². The quantitative estimate of drug-likeness (QED) is 0.370. The molecule has 0 atom stereocenters. The average molecular weight is 263 g/mol. The fourth-order valence-corrected chi connectivity index (χ4v) is 1.69. The second-order valence-electron chi connectivity index (χ2n) is 2.30. The molecule has 0 bridgehead atoms. The first-order valence-electron chi connectivity index (χ1n) is 3.67. The Hall–Kier alpha value is -0.190. The van der Waals surface area contributed by atoms with Gasteiger partial charge in [0.1, 0.15) is 0 Å². The summed E-state index contributed by atoms with van der Waals surface area (Å²) in [5.41, 5.74) is 1.26. The van der Waals surface area contributed by atoms with Crippen molar-refractivity contribution in [3.8, 4) is 0 Å². The van der Waals surface area contributed by atoms with Gasteiger partial charge in [-0.2, -0.15) is 0 Å². The molecule has 0 fully saturated rings. The SMILES string of the molecule is CCCc1cnc([I-]C)nc1. The first kappa shape index (κ1) is 8.90. The van der Waals surface area contributed by atoms with E-state index in [-0.39, 0.29) is 21.2 Å². The molecular formula is C8H12IN2-. The number of aromatic nitrogens is 2. The number of alkyl halides is 1. The average Bonchev–Trinajstić information content (AvgIpc) is 2.07. The van der Waals surface area contributed by atoms with E-state index in [1.807, 2.05) is 12.4 Å². The Bertz CT molecular complexity index is 208. The van der Waals surface area contributed by atoms with Crippen molar-refractivity contribution in [2.45, 2.75) is 19.8 Å². The molecule has 1 aromatic rings. The van der Waals surface area contributed by atoms with E-state index in [1.54, 1.807) is 0 Å². The second kappa shape index (κ2) is 4.64. The zero-order chi connectivity index (χ0) is 8.10. The van der Waals surface area contributed by atoms with Gasteiger partial charge in [0, 0.05) is 0 Å². The molecular weight excluding hydrogens is 251 g/mol. The normalized spacial score (nSPS) is 10.4. The van der Waals surface area contributed by atoms with Crippen LogP contribution in [0.15, 0.2) is 12.4 Å². The van der Waals surface area contributed by atoms with E-state index in [2.05, 4.69) is 21.8 Å². The molecule has 0 amide bonds. The number of nitrogens with zero attached hydrogens (tertiary/aromatic N) is 2. The summed E-state index contributed by atoms with van der Waals surface area (Å²) in [4.78, 5) is 10.7. The van der Waals surface area contributed by atoms with Crippen LogP contribution in [0.3, 0.4) is 0 Å². The summed E-state index contributed by atoms with van der Waals surface area (Å²) in [5, 5.41) is 0. The third-order valence-corrected chi connectivity index (χ3v) is 2.90. The summed E-state index contributed by atoms with van der Waals surface area (Å²) in [7, 11) is 0. The molecule has 0 aliphatic heterocycles. The van der Waals surface area contributed by atoms with E-state index >= 15 is 0 Å². The van der Waals surface area contributed by atoms with Gasteiger partial charge in [0.2, 0.25) is 0 Å². The predicted molar refractivity (Wildman–Crippen MR) is 40.6 cm³/mol. The van der Waals surface area contributed by atoms with Gasteiger partial charge in [-0.25, -0.2) is 0 Å². The van der Waals surface area contributed by atoms with Crippen LogP contribution < -0.4 is 21.2 Å². The van der Waals surface area contributed by atoms with Crippen LogP contribution in [0, 0.1) is 3.83 Å². The van der Waals surface area contributed by atoms with Crippen LogP contribution in [0.1, 0.15) is 18.9 Å². The van der Waals surface area contributed by atoms with Crippen LogP contribution in [0.4, 0.5) is 0 Å².